The van der Waals surface area contributed by atoms with Crippen LogP contribution in [0.1, 0.15) is 77.0 Å². The molecule has 4 N–H and O–H groups in total. The number of nitrogens with one attached hydrogen (secondary N) is 2. The van der Waals surface area contributed by atoms with Gasteiger partial charge in [-0.05, 0) is 31.6 Å². The van der Waals surface area contributed by atoms with Gasteiger partial charge in [0, 0.05) is 6.42 Å². The number of rotatable bonds is 11. The number of carbonyl (C=O) groups excluding carboxylic acids is 2. The van der Waals surface area contributed by atoms with Crippen molar-refractivity contribution in [3.8, 4) is 0 Å². The Kier molecular flexibility index (Phi) is 9.45. The number of allylic oxidation sites excluding steroid dienone is 1. The van der Waals surface area contributed by atoms with E-state index in [0.29, 0.717) is 12.3 Å². The van der Waals surface area contributed by atoms with Gasteiger partial charge in [-0.25, -0.2) is 0 Å². The Labute approximate surface area is 169 Å². The molecule has 0 aromatic heterocycles. The van der Waals surface area contributed by atoms with Gasteiger partial charge in [-0.15, -0.1) is 6.58 Å². The van der Waals surface area contributed by atoms with Crippen LogP contribution >= 0.6 is 0 Å². The third-order valence-electron chi connectivity index (χ3n) is 6.43. The van der Waals surface area contributed by atoms with Crippen molar-refractivity contribution in [2.45, 2.75) is 88.6 Å². The second-order valence-corrected chi connectivity index (χ2v) is 8.75. The van der Waals surface area contributed by atoms with Crippen LogP contribution in [0.15, 0.2) is 12.7 Å². The molecule has 0 saturated heterocycles. The lowest BCUT2D eigenvalue weighted by Crippen LogP contribution is -2.50. The number of hydrogen-bond donors (Lipinski definition) is 4. The first-order valence-corrected chi connectivity index (χ1v) is 11.0. The highest BCUT2D eigenvalue weighted by Gasteiger charge is 2.35. The van der Waals surface area contributed by atoms with Crippen LogP contribution in [0.4, 0.5) is 0 Å². The highest BCUT2D eigenvalue weighted by atomic mass is 16.3. The van der Waals surface area contributed by atoms with Crippen LogP contribution in [-0.4, -0.2) is 46.8 Å². The molecule has 2 atom stereocenters. The summed E-state index contributed by atoms with van der Waals surface area (Å²) in [5.74, 6) is -0.352. The highest BCUT2D eigenvalue weighted by molar-refractivity contribution is 5.86. The molecular formula is C22H38N2O4. The molecule has 0 aromatic carbocycles. The predicted molar refractivity (Wildman–Crippen MR) is 110 cm³/mol. The van der Waals surface area contributed by atoms with Crippen molar-refractivity contribution in [2.24, 2.45) is 11.8 Å². The lowest BCUT2D eigenvalue weighted by molar-refractivity contribution is -0.132. The van der Waals surface area contributed by atoms with Crippen LogP contribution in [0, 0.1) is 11.8 Å². The molecule has 160 valence electrons. The Hall–Kier alpha value is -1.40. The number of aliphatic hydroxyl groups excluding tert-OH is 2. The lowest BCUT2D eigenvalue weighted by Gasteiger charge is -2.29. The average Bonchev–Trinajstić information content (AvgIpc) is 3.16. The number of aliphatic hydroxyl groups is 2. The minimum Gasteiger partial charge on any atom is -0.394 e. The Morgan fingerprint density at radius 1 is 1.11 bits per heavy atom. The molecule has 6 nitrogen and oxygen atoms in total. The molecule has 0 aliphatic heterocycles. The van der Waals surface area contributed by atoms with Gasteiger partial charge in [-0.3, -0.25) is 9.59 Å². The summed E-state index contributed by atoms with van der Waals surface area (Å²) in [6.07, 6.45) is 12.5. The van der Waals surface area contributed by atoms with E-state index in [1.54, 1.807) is 6.08 Å². The standard InChI is InChI=1S/C22H38N2O4/c1-2-8-18(14-20(27)24-22(16-26)11-6-7-12-22)21(28)23-19(15-25)13-17-9-4-3-5-10-17/h2,17-19,25-26H,1,3-16H2,(H,23,28)(H,24,27). The third-order valence-corrected chi connectivity index (χ3v) is 6.43. The zero-order chi connectivity index (χ0) is 20.4. The van der Waals surface area contributed by atoms with Crippen molar-refractivity contribution in [3.63, 3.8) is 0 Å². The van der Waals surface area contributed by atoms with Crippen LogP contribution < -0.4 is 10.6 Å². The van der Waals surface area contributed by atoms with Gasteiger partial charge in [-0.2, -0.15) is 0 Å². The molecule has 0 aromatic rings. The van der Waals surface area contributed by atoms with E-state index in [-0.39, 0.29) is 37.5 Å². The fraction of sp³-hybridized carbons (Fsp3) is 0.818. The molecule has 2 rings (SSSR count). The Morgan fingerprint density at radius 3 is 2.36 bits per heavy atom. The minimum atomic E-state index is -0.527. The maximum atomic E-state index is 12.8. The zero-order valence-electron chi connectivity index (χ0n) is 17.1. The van der Waals surface area contributed by atoms with Crippen molar-refractivity contribution in [1.82, 2.24) is 10.6 Å². The monoisotopic (exact) mass is 394 g/mol. The van der Waals surface area contributed by atoms with E-state index < -0.39 is 11.5 Å². The molecule has 6 heteroatoms. The summed E-state index contributed by atoms with van der Waals surface area (Å²) in [7, 11) is 0. The van der Waals surface area contributed by atoms with E-state index in [0.717, 1.165) is 44.9 Å². The van der Waals surface area contributed by atoms with Gasteiger partial charge in [0.05, 0.1) is 30.7 Å². The third kappa shape index (κ3) is 6.89. The first-order chi connectivity index (χ1) is 13.5. The van der Waals surface area contributed by atoms with E-state index >= 15 is 0 Å². The Morgan fingerprint density at radius 2 is 1.79 bits per heavy atom. The summed E-state index contributed by atoms with van der Waals surface area (Å²) >= 11 is 0. The summed E-state index contributed by atoms with van der Waals surface area (Å²) in [6.45, 7) is 3.57. The molecule has 2 amide bonds. The second-order valence-electron chi connectivity index (χ2n) is 8.75. The molecule has 0 spiro atoms. The van der Waals surface area contributed by atoms with Crippen molar-refractivity contribution in [3.05, 3.63) is 12.7 Å². The van der Waals surface area contributed by atoms with E-state index in [2.05, 4.69) is 17.2 Å². The maximum absolute atomic E-state index is 12.8. The van der Waals surface area contributed by atoms with Crippen LogP contribution in [0.3, 0.4) is 0 Å². The molecular weight excluding hydrogens is 356 g/mol. The van der Waals surface area contributed by atoms with Gasteiger partial charge < -0.3 is 20.8 Å². The van der Waals surface area contributed by atoms with Crippen molar-refractivity contribution >= 4 is 11.8 Å². The van der Waals surface area contributed by atoms with Crippen LogP contribution in [-0.2, 0) is 9.59 Å². The number of amides is 2. The first-order valence-electron chi connectivity index (χ1n) is 11.0. The maximum Gasteiger partial charge on any atom is 0.224 e. The summed E-state index contributed by atoms with van der Waals surface area (Å²) < 4.78 is 0. The molecule has 2 aliphatic rings. The fourth-order valence-corrected chi connectivity index (χ4v) is 4.75. The van der Waals surface area contributed by atoms with Gasteiger partial charge in [0.1, 0.15) is 0 Å². The summed E-state index contributed by atoms with van der Waals surface area (Å²) in [5, 5.41) is 25.3. The highest BCUT2D eigenvalue weighted by Crippen LogP contribution is 2.30. The molecule has 2 unspecified atom stereocenters. The summed E-state index contributed by atoms with van der Waals surface area (Å²) in [6, 6.07) is -0.260. The van der Waals surface area contributed by atoms with Crippen LogP contribution in [0.2, 0.25) is 0 Å². The quantitative estimate of drug-likeness (QED) is 0.405. The van der Waals surface area contributed by atoms with Gasteiger partial charge in [0.15, 0.2) is 0 Å². The van der Waals surface area contributed by atoms with Gasteiger partial charge in [0.25, 0.3) is 0 Å². The van der Waals surface area contributed by atoms with E-state index in [1.807, 2.05) is 0 Å². The molecule has 2 fully saturated rings. The fourth-order valence-electron chi connectivity index (χ4n) is 4.75. The lowest BCUT2D eigenvalue weighted by atomic mass is 9.85. The zero-order valence-corrected chi connectivity index (χ0v) is 17.1. The summed E-state index contributed by atoms with van der Waals surface area (Å²) in [5.41, 5.74) is -0.527. The average molecular weight is 395 g/mol. The van der Waals surface area contributed by atoms with E-state index in [1.165, 1.54) is 19.3 Å². The number of carbonyl (C=O) groups is 2. The van der Waals surface area contributed by atoms with Gasteiger partial charge in [0.2, 0.25) is 11.8 Å². The van der Waals surface area contributed by atoms with Gasteiger partial charge in [-0.1, -0.05) is 51.0 Å². The molecule has 0 bridgehead atoms. The minimum absolute atomic E-state index is 0.0644. The van der Waals surface area contributed by atoms with Crippen molar-refractivity contribution in [2.75, 3.05) is 13.2 Å². The molecule has 28 heavy (non-hydrogen) atoms. The smallest absolute Gasteiger partial charge is 0.224 e. The Balaban J connectivity index is 1.88. The molecule has 0 heterocycles. The van der Waals surface area contributed by atoms with E-state index in [9.17, 15) is 19.8 Å². The predicted octanol–water partition coefficient (Wildman–Crippen LogP) is 2.44. The normalized spacial score (nSPS) is 21.6. The van der Waals surface area contributed by atoms with Crippen LogP contribution in [0.25, 0.3) is 0 Å². The van der Waals surface area contributed by atoms with Gasteiger partial charge >= 0.3 is 0 Å². The molecule has 2 aliphatic carbocycles. The van der Waals surface area contributed by atoms with Crippen LogP contribution in [0.5, 0.6) is 0 Å². The number of hydrogen-bond acceptors (Lipinski definition) is 4. The largest absolute Gasteiger partial charge is 0.394 e. The first kappa shape index (κ1) is 22.9. The SMILES string of the molecule is C=CCC(CC(=O)NC1(CO)CCCC1)C(=O)NC(CO)CC1CCCCC1. The van der Waals surface area contributed by atoms with Crippen molar-refractivity contribution in [1.29, 1.82) is 0 Å². The topological polar surface area (TPSA) is 98.7 Å². The molecule has 2 saturated carbocycles. The molecule has 0 radical (unpaired) electrons. The Bertz CT molecular complexity index is 511. The second kappa shape index (κ2) is 11.6. The van der Waals surface area contributed by atoms with E-state index in [4.69, 9.17) is 0 Å². The van der Waals surface area contributed by atoms with Crippen molar-refractivity contribution < 1.29 is 19.8 Å². The summed E-state index contributed by atoms with van der Waals surface area (Å²) in [4.78, 5) is 25.3.